The summed E-state index contributed by atoms with van der Waals surface area (Å²) in [4.78, 5) is 9.19. The minimum absolute atomic E-state index is 0.239. The number of nitrogens with zero attached hydrogens (tertiary/aromatic N) is 2. The first-order valence-electron chi connectivity index (χ1n) is 9.09. The fourth-order valence-electron chi connectivity index (χ4n) is 3.38. The topological polar surface area (TPSA) is 53.8 Å². The SMILES string of the molecule is NONCC#CCN1CCN([C@H](c2ccccc2)c2ccc(Cl)cc2)CC1. The van der Waals surface area contributed by atoms with Crippen molar-refractivity contribution in [2.45, 2.75) is 6.04 Å². The molecular formula is C21H25ClN4O. The molecule has 1 heterocycles. The van der Waals surface area contributed by atoms with E-state index in [2.05, 4.69) is 74.5 Å². The third-order valence-corrected chi connectivity index (χ3v) is 5.00. The van der Waals surface area contributed by atoms with E-state index in [0.29, 0.717) is 6.54 Å². The van der Waals surface area contributed by atoms with Gasteiger partial charge in [0.05, 0.1) is 19.1 Å². The standard InChI is InChI=1S/C21H25ClN4O/c22-20-10-8-19(9-11-20)21(18-6-2-1-3-7-18)26-16-14-25(15-17-26)13-5-4-12-24-27-23/h1-3,6-11,21,24H,12-17,23H2/t21-/m1/s1. The Hall–Kier alpha value is -1.91. The fraction of sp³-hybridized carbons (Fsp3) is 0.333. The lowest BCUT2D eigenvalue weighted by atomic mass is 9.96. The van der Waals surface area contributed by atoms with Crippen LogP contribution in [-0.4, -0.2) is 49.1 Å². The van der Waals surface area contributed by atoms with Crippen LogP contribution in [0.5, 0.6) is 0 Å². The van der Waals surface area contributed by atoms with Crippen LogP contribution >= 0.6 is 11.6 Å². The van der Waals surface area contributed by atoms with Gasteiger partial charge in [0.15, 0.2) is 0 Å². The highest BCUT2D eigenvalue weighted by Crippen LogP contribution is 2.30. The number of hydroxylamine groups is 1. The lowest BCUT2D eigenvalue weighted by molar-refractivity contribution is 0.0498. The zero-order chi connectivity index (χ0) is 18.9. The van der Waals surface area contributed by atoms with E-state index in [0.717, 1.165) is 37.7 Å². The summed E-state index contributed by atoms with van der Waals surface area (Å²) in [6.07, 6.45) is 0. The van der Waals surface area contributed by atoms with Gasteiger partial charge in [-0.3, -0.25) is 9.80 Å². The first-order chi connectivity index (χ1) is 13.3. The molecule has 0 bridgehead atoms. The largest absolute Gasteiger partial charge is 0.290 e. The van der Waals surface area contributed by atoms with Gasteiger partial charge in [0.25, 0.3) is 0 Å². The van der Waals surface area contributed by atoms with Crippen molar-refractivity contribution in [1.82, 2.24) is 15.3 Å². The number of nitrogens with two attached hydrogens (primary N) is 1. The Balaban J connectivity index is 1.66. The van der Waals surface area contributed by atoms with Crippen LogP contribution in [0.1, 0.15) is 17.2 Å². The average molecular weight is 385 g/mol. The molecule has 0 aliphatic carbocycles. The van der Waals surface area contributed by atoms with Crippen LogP contribution in [0.3, 0.4) is 0 Å². The van der Waals surface area contributed by atoms with Crippen LogP contribution < -0.4 is 11.4 Å². The first-order valence-corrected chi connectivity index (χ1v) is 9.47. The van der Waals surface area contributed by atoms with Gasteiger partial charge in [-0.15, -0.1) is 0 Å². The summed E-state index contributed by atoms with van der Waals surface area (Å²) >= 11 is 6.10. The second kappa shape index (κ2) is 10.4. The molecule has 0 saturated carbocycles. The number of hydrogen-bond donors (Lipinski definition) is 2. The number of nitrogens with one attached hydrogen (secondary N) is 1. The molecule has 0 unspecified atom stereocenters. The van der Waals surface area contributed by atoms with Gasteiger partial charge in [0.1, 0.15) is 0 Å². The number of halogens is 1. The minimum atomic E-state index is 0.239. The van der Waals surface area contributed by atoms with Gasteiger partial charge in [-0.05, 0) is 23.3 Å². The van der Waals surface area contributed by atoms with Crippen LogP contribution in [0.25, 0.3) is 0 Å². The highest BCUT2D eigenvalue weighted by Gasteiger charge is 2.26. The van der Waals surface area contributed by atoms with Crippen molar-refractivity contribution in [2.24, 2.45) is 5.90 Å². The van der Waals surface area contributed by atoms with E-state index < -0.39 is 0 Å². The predicted molar refractivity (Wildman–Crippen MR) is 109 cm³/mol. The molecular weight excluding hydrogens is 360 g/mol. The normalized spacial score (nSPS) is 16.5. The van der Waals surface area contributed by atoms with Crippen LogP contribution in [0.15, 0.2) is 54.6 Å². The van der Waals surface area contributed by atoms with E-state index in [1.807, 2.05) is 12.1 Å². The Labute approximate surface area is 166 Å². The summed E-state index contributed by atoms with van der Waals surface area (Å²) in [5.74, 6) is 11.0. The van der Waals surface area contributed by atoms with Crippen LogP contribution in [0, 0.1) is 11.8 Å². The Bertz CT molecular complexity index is 749. The van der Waals surface area contributed by atoms with E-state index in [1.165, 1.54) is 11.1 Å². The van der Waals surface area contributed by atoms with Crippen molar-refractivity contribution in [3.8, 4) is 11.8 Å². The maximum Gasteiger partial charge on any atom is 0.0840 e. The lowest BCUT2D eigenvalue weighted by Crippen LogP contribution is -2.47. The Morgan fingerprint density at radius 2 is 1.63 bits per heavy atom. The molecule has 6 heteroatoms. The maximum atomic E-state index is 6.10. The molecule has 142 valence electrons. The lowest BCUT2D eigenvalue weighted by Gasteiger charge is -2.39. The van der Waals surface area contributed by atoms with Gasteiger partial charge in [-0.25, -0.2) is 4.94 Å². The van der Waals surface area contributed by atoms with Crippen molar-refractivity contribution in [3.63, 3.8) is 0 Å². The van der Waals surface area contributed by atoms with Crippen LogP contribution in [0.4, 0.5) is 0 Å². The summed E-state index contributed by atoms with van der Waals surface area (Å²) in [7, 11) is 0. The molecule has 3 rings (SSSR count). The molecule has 2 aromatic rings. The van der Waals surface area contributed by atoms with E-state index >= 15 is 0 Å². The highest BCUT2D eigenvalue weighted by molar-refractivity contribution is 6.30. The van der Waals surface area contributed by atoms with Gasteiger partial charge in [-0.2, -0.15) is 11.4 Å². The maximum absolute atomic E-state index is 6.10. The molecule has 0 amide bonds. The van der Waals surface area contributed by atoms with Gasteiger partial charge in [-0.1, -0.05) is 65.9 Å². The second-order valence-electron chi connectivity index (χ2n) is 6.47. The molecule has 3 N–H and O–H groups in total. The third kappa shape index (κ3) is 5.78. The molecule has 1 atom stereocenters. The molecule has 2 aromatic carbocycles. The van der Waals surface area contributed by atoms with Crippen LogP contribution in [-0.2, 0) is 4.94 Å². The molecule has 1 saturated heterocycles. The monoisotopic (exact) mass is 384 g/mol. The minimum Gasteiger partial charge on any atom is -0.290 e. The van der Waals surface area contributed by atoms with Crippen molar-refractivity contribution in [1.29, 1.82) is 0 Å². The van der Waals surface area contributed by atoms with Gasteiger partial charge in [0, 0.05) is 31.2 Å². The smallest absolute Gasteiger partial charge is 0.0840 e. The molecule has 27 heavy (non-hydrogen) atoms. The molecule has 0 radical (unpaired) electrons. The van der Waals surface area contributed by atoms with Crippen molar-refractivity contribution < 1.29 is 4.94 Å². The zero-order valence-corrected chi connectivity index (χ0v) is 16.0. The first kappa shape index (κ1) is 19.8. The molecule has 5 nitrogen and oxygen atoms in total. The highest BCUT2D eigenvalue weighted by atomic mass is 35.5. The van der Waals surface area contributed by atoms with Gasteiger partial charge < -0.3 is 0 Å². The summed E-state index contributed by atoms with van der Waals surface area (Å²) in [5.41, 5.74) is 5.09. The Morgan fingerprint density at radius 1 is 0.963 bits per heavy atom. The van der Waals surface area contributed by atoms with E-state index in [4.69, 9.17) is 17.5 Å². The number of rotatable bonds is 6. The number of piperazine rings is 1. The van der Waals surface area contributed by atoms with Gasteiger partial charge in [0.2, 0.25) is 0 Å². The predicted octanol–water partition coefficient (Wildman–Crippen LogP) is 2.45. The summed E-state index contributed by atoms with van der Waals surface area (Å²) < 4.78 is 0. The van der Waals surface area contributed by atoms with E-state index in [-0.39, 0.29) is 6.04 Å². The summed E-state index contributed by atoms with van der Waals surface area (Å²) in [6, 6.07) is 19.1. The van der Waals surface area contributed by atoms with E-state index in [1.54, 1.807) is 0 Å². The molecule has 1 fully saturated rings. The fourth-order valence-corrected chi connectivity index (χ4v) is 3.51. The van der Waals surface area contributed by atoms with E-state index in [9.17, 15) is 0 Å². The molecule has 1 aliphatic rings. The van der Waals surface area contributed by atoms with Crippen molar-refractivity contribution in [3.05, 3.63) is 70.7 Å². The zero-order valence-electron chi connectivity index (χ0n) is 15.3. The summed E-state index contributed by atoms with van der Waals surface area (Å²) in [5, 5.41) is 0.767. The average Bonchev–Trinajstić information content (AvgIpc) is 2.71. The van der Waals surface area contributed by atoms with Crippen molar-refractivity contribution >= 4 is 11.6 Å². The number of benzene rings is 2. The van der Waals surface area contributed by atoms with Crippen LogP contribution in [0.2, 0.25) is 5.02 Å². The Morgan fingerprint density at radius 3 is 2.30 bits per heavy atom. The quantitative estimate of drug-likeness (QED) is 0.455. The number of hydrogen-bond acceptors (Lipinski definition) is 5. The van der Waals surface area contributed by atoms with Gasteiger partial charge >= 0.3 is 0 Å². The molecule has 0 aromatic heterocycles. The van der Waals surface area contributed by atoms with Crippen molar-refractivity contribution in [2.75, 3.05) is 39.3 Å². The Kier molecular flexibility index (Phi) is 7.66. The third-order valence-electron chi connectivity index (χ3n) is 4.74. The molecule has 0 spiro atoms. The molecule has 1 aliphatic heterocycles. The second-order valence-corrected chi connectivity index (χ2v) is 6.91. The summed E-state index contributed by atoms with van der Waals surface area (Å²) in [6.45, 7) is 5.17.